The topological polar surface area (TPSA) is 26.3 Å². The van der Waals surface area contributed by atoms with Gasteiger partial charge in [-0.2, -0.15) is 0 Å². The molecule has 2 heteroatoms. The van der Waals surface area contributed by atoms with Gasteiger partial charge in [-0.05, 0) is 25.0 Å². The van der Waals surface area contributed by atoms with Gasteiger partial charge < -0.3 is 4.74 Å². The van der Waals surface area contributed by atoms with Crippen molar-refractivity contribution < 1.29 is 9.53 Å². The highest BCUT2D eigenvalue weighted by atomic mass is 16.5. The van der Waals surface area contributed by atoms with Crippen molar-refractivity contribution in [3.8, 4) is 0 Å². The fourth-order valence-corrected chi connectivity index (χ4v) is 1.21. The lowest BCUT2D eigenvalue weighted by molar-refractivity contribution is -0.137. The maximum absolute atomic E-state index is 11.2. The molecular formula is C14H18O2. The van der Waals surface area contributed by atoms with Crippen molar-refractivity contribution in [2.75, 3.05) is 6.61 Å². The van der Waals surface area contributed by atoms with E-state index in [2.05, 4.69) is 6.92 Å². The molecule has 2 nitrogen and oxygen atoms in total. The molecule has 0 bridgehead atoms. The molecule has 0 aliphatic rings. The average molecular weight is 218 g/mol. The summed E-state index contributed by atoms with van der Waals surface area (Å²) >= 11 is 0. The van der Waals surface area contributed by atoms with Crippen molar-refractivity contribution in [1.82, 2.24) is 0 Å². The number of ether oxygens (including phenoxy) is 1. The van der Waals surface area contributed by atoms with E-state index in [1.807, 2.05) is 31.2 Å². The van der Waals surface area contributed by atoms with Gasteiger partial charge in [-0.3, -0.25) is 0 Å². The molecule has 0 fully saturated rings. The lowest BCUT2D eigenvalue weighted by atomic mass is 10.1. The second-order valence-electron chi connectivity index (χ2n) is 3.77. The average Bonchev–Trinajstić information content (AvgIpc) is 2.29. The Morgan fingerprint density at radius 2 is 2.00 bits per heavy atom. The van der Waals surface area contributed by atoms with E-state index in [1.54, 1.807) is 6.08 Å². The largest absolute Gasteiger partial charge is 0.463 e. The summed E-state index contributed by atoms with van der Waals surface area (Å²) < 4.78 is 5.00. The maximum atomic E-state index is 11.2. The maximum Gasteiger partial charge on any atom is 0.330 e. The minimum atomic E-state index is -0.269. The molecule has 0 aliphatic carbocycles. The van der Waals surface area contributed by atoms with Gasteiger partial charge in [0.25, 0.3) is 0 Å². The van der Waals surface area contributed by atoms with E-state index in [0.717, 1.165) is 18.4 Å². The third-order valence-electron chi connectivity index (χ3n) is 2.23. The number of aryl methyl sites for hydroxylation is 1. The normalized spacial score (nSPS) is 10.6. The SMILES string of the molecule is CCCCOC(=O)/C=C/c1ccc(C)cc1. The van der Waals surface area contributed by atoms with Crippen LogP contribution in [0.3, 0.4) is 0 Å². The van der Waals surface area contributed by atoms with E-state index >= 15 is 0 Å². The van der Waals surface area contributed by atoms with E-state index in [4.69, 9.17) is 4.74 Å². The van der Waals surface area contributed by atoms with Crippen molar-refractivity contribution in [2.45, 2.75) is 26.7 Å². The van der Waals surface area contributed by atoms with Crippen LogP contribution in [0.4, 0.5) is 0 Å². The molecule has 0 amide bonds. The Labute approximate surface area is 96.9 Å². The van der Waals surface area contributed by atoms with Gasteiger partial charge in [-0.1, -0.05) is 43.2 Å². The molecular weight excluding hydrogens is 200 g/mol. The van der Waals surface area contributed by atoms with E-state index in [0.29, 0.717) is 6.61 Å². The Morgan fingerprint density at radius 1 is 1.31 bits per heavy atom. The van der Waals surface area contributed by atoms with Crippen LogP contribution in [0, 0.1) is 6.92 Å². The molecule has 0 atom stereocenters. The molecule has 0 spiro atoms. The van der Waals surface area contributed by atoms with Crippen LogP contribution in [0.5, 0.6) is 0 Å². The lowest BCUT2D eigenvalue weighted by Gasteiger charge is -1.99. The van der Waals surface area contributed by atoms with Crippen LogP contribution in [0.15, 0.2) is 30.3 Å². The summed E-state index contributed by atoms with van der Waals surface area (Å²) in [6.07, 6.45) is 5.20. The molecule has 0 aliphatic heterocycles. The van der Waals surface area contributed by atoms with Crippen molar-refractivity contribution in [1.29, 1.82) is 0 Å². The first-order valence-corrected chi connectivity index (χ1v) is 5.64. The predicted octanol–water partition coefficient (Wildman–Crippen LogP) is 3.35. The third kappa shape index (κ3) is 4.78. The molecule has 0 radical (unpaired) electrons. The Morgan fingerprint density at radius 3 is 2.62 bits per heavy atom. The summed E-state index contributed by atoms with van der Waals surface area (Å²) in [6.45, 7) is 4.61. The number of carbonyl (C=O) groups excluding carboxylic acids is 1. The molecule has 0 unspecified atom stereocenters. The Bertz CT molecular complexity index is 350. The van der Waals surface area contributed by atoms with Gasteiger partial charge in [0, 0.05) is 6.08 Å². The van der Waals surface area contributed by atoms with Crippen LogP contribution in [0.25, 0.3) is 6.08 Å². The number of hydrogen-bond donors (Lipinski definition) is 0. The summed E-state index contributed by atoms with van der Waals surface area (Å²) in [5.74, 6) is -0.269. The summed E-state index contributed by atoms with van der Waals surface area (Å²) in [7, 11) is 0. The number of unbranched alkanes of at least 4 members (excludes halogenated alkanes) is 1. The molecule has 1 rings (SSSR count). The number of esters is 1. The fourth-order valence-electron chi connectivity index (χ4n) is 1.21. The molecule has 0 aromatic heterocycles. The van der Waals surface area contributed by atoms with Gasteiger partial charge in [0.1, 0.15) is 0 Å². The summed E-state index contributed by atoms with van der Waals surface area (Å²) in [4.78, 5) is 11.2. The quantitative estimate of drug-likeness (QED) is 0.430. The Kier molecular flexibility index (Phi) is 5.34. The molecule has 1 aromatic carbocycles. The molecule has 0 N–H and O–H groups in total. The van der Waals surface area contributed by atoms with Crippen molar-refractivity contribution in [3.05, 3.63) is 41.5 Å². The zero-order chi connectivity index (χ0) is 11.8. The van der Waals surface area contributed by atoms with Crippen LogP contribution in [0.1, 0.15) is 30.9 Å². The first-order valence-electron chi connectivity index (χ1n) is 5.64. The number of benzene rings is 1. The van der Waals surface area contributed by atoms with Crippen LogP contribution in [-0.4, -0.2) is 12.6 Å². The van der Waals surface area contributed by atoms with Crippen molar-refractivity contribution in [3.63, 3.8) is 0 Å². The Balaban J connectivity index is 2.41. The van der Waals surface area contributed by atoms with Crippen LogP contribution >= 0.6 is 0 Å². The number of carbonyl (C=O) groups is 1. The van der Waals surface area contributed by atoms with Crippen LogP contribution in [-0.2, 0) is 9.53 Å². The first kappa shape index (κ1) is 12.5. The second kappa shape index (κ2) is 6.83. The van der Waals surface area contributed by atoms with Gasteiger partial charge in [-0.25, -0.2) is 4.79 Å². The lowest BCUT2D eigenvalue weighted by Crippen LogP contribution is -2.01. The van der Waals surface area contributed by atoms with Crippen LogP contribution in [0.2, 0.25) is 0 Å². The molecule has 16 heavy (non-hydrogen) atoms. The zero-order valence-electron chi connectivity index (χ0n) is 9.90. The highest BCUT2D eigenvalue weighted by Crippen LogP contribution is 2.05. The van der Waals surface area contributed by atoms with E-state index < -0.39 is 0 Å². The first-order chi connectivity index (χ1) is 7.72. The molecule has 0 heterocycles. The van der Waals surface area contributed by atoms with Gasteiger partial charge >= 0.3 is 5.97 Å². The van der Waals surface area contributed by atoms with Crippen LogP contribution < -0.4 is 0 Å². The molecule has 0 saturated carbocycles. The predicted molar refractivity (Wildman–Crippen MR) is 66.1 cm³/mol. The molecule has 0 saturated heterocycles. The monoisotopic (exact) mass is 218 g/mol. The van der Waals surface area contributed by atoms with Gasteiger partial charge in [0.05, 0.1) is 6.61 Å². The minimum Gasteiger partial charge on any atom is -0.463 e. The smallest absolute Gasteiger partial charge is 0.330 e. The van der Waals surface area contributed by atoms with Crippen molar-refractivity contribution in [2.24, 2.45) is 0 Å². The standard InChI is InChI=1S/C14H18O2/c1-3-4-11-16-14(15)10-9-13-7-5-12(2)6-8-13/h5-10H,3-4,11H2,1-2H3/b10-9+. The fraction of sp³-hybridized carbons (Fsp3) is 0.357. The summed E-state index contributed by atoms with van der Waals surface area (Å²) in [5.41, 5.74) is 2.22. The minimum absolute atomic E-state index is 0.269. The van der Waals surface area contributed by atoms with E-state index in [9.17, 15) is 4.79 Å². The van der Waals surface area contributed by atoms with Gasteiger partial charge in [-0.15, -0.1) is 0 Å². The van der Waals surface area contributed by atoms with Gasteiger partial charge in [0.15, 0.2) is 0 Å². The Hall–Kier alpha value is -1.57. The number of hydrogen-bond acceptors (Lipinski definition) is 2. The highest BCUT2D eigenvalue weighted by Gasteiger charge is 1.95. The van der Waals surface area contributed by atoms with Crippen molar-refractivity contribution >= 4 is 12.0 Å². The molecule has 86 valence electrons. The summed E-state index contributed by atoms with van der Waals surface area (Å²) in [5, 5.41) is 0. The third-order valence-corrected chi connectivity index (χ3v) is 2.23. The zero-order valence-corrected chi connectivity index (χ0v) is 9.90. The van der Waals surface area contributed by atoms with Gasteiger partial charge in [0.2, 0.25) is 0 Å². The highest BCUT2D eigenvalue weighted by molar-refractivity contribution is 5.87. The summed E-state index contributed by atoms with van der Waals surface area (Å²) in [6, 6.07) is 7.99. The second-order valence-corrected chi connectivity index (χ2v) is 3.77. The molecule has 1 aromatic rings. The van der Waals surface area contributed by atoms with E-state index in [-0.39, 0.29) is 5.97 Å². The van der Waals surface area contributed by atoms with E-state index in [1.165, 1.54) is 11.6 Å². The number of rotatable bonds is 5.